The van der Waals surface area contributed by atoms with E-state index in [4.69, 9.17) is 4.74 Å². The van der Waals surface area contributed by atoms with Crippen molar-refractivity contribution in [2.24, 2.45) is 5.41 Å². The summed E-state index contributed by atoms with van der Waals surface area (Å²) in [5.41, 5.74) is 0.378. The largest absolute Gasteiger partial charge is 0.384 e. The van der Waals surface area contributed by atoms with E-state index in [0.717, 1.165) is 13.2 Å². The predicted molar refractivity (Wildman–Crippen MR) is 67.3 cm³/mol. The number of hydrogen-bond acceptors (Lipinski definition) is 2. The van der Waals surface area contributed by atoms with Crippen molar-refractivity contribution in [2.45, 2.75) is 46.0 Å². The van der Waals surface area contributed by atoms with Crippen molar-refractivity contribution in [1.82, 2.24) is 4.90 Å². The van der Waals surface area contributed by atoms with Crippen LogP contribution in [0.4, 0.5) is 0 Å². The molecule has 0 radical (unpaired) electrons. The fourth-order valence-electron chi connectivity index (χ4n) is 2.53. The summed E-state index contributed by atoms with van der Waals surface area (Å²) in [7, 11) is 6.14. The molecule has 0 N–H and O–H groups in total. The van der Waals surface area contributed by atoms with E-state index >= 15 is 0 Å². The second-order valence-electron chi connectivity index (χ2n) is 5.02. The molecule has 1 atom stereocenters. The van der Waals surface area contributed by atoms with Gasteiger partial charge in [-0.25, -0.2) is 0 Å². The second-order valence-corrected chi connectivity index (χ2v) is 5.02. The van der Waals surface area contributed by atoms with Gasteiger partial charge in [-0.1, -0.05) is 33.1 Å². The highest BCUT2D eigenvalue weighted by atomic mass is 16.5. The fourth-order valence-corrected chi connectivity index (χ4v) is 2.53. The van der Waals surface area contributed by atoms with Gasteiger partial charge < -0.3 is 9.64 Å². The Kier molecular flexibility index (Phi) is 8.07. The van der Waals surface area contributed by atoms with Gasteiger partial charge in [-0.3, -0.25) is 0 Å². The molecule has 0 aromatic heterocycles. The Morgan fingerprint density at radius 3 is 2.13 bits per heavy atom. The Labute approximate surface area is 96.0 Å². The van der Waals surface area contributed by atoms with Crippen molar-refractivity contribution in [1.29, 1.82) is 0 Å². The van der Waals surface area contributed by atoms with E-state index < -0.39 is 0 Å². The standard InChI is InChI=1S/C13H29NO/c1-6-8-10-13(9-7-2,12-15-5)11-14(3)4/h6-12H2,1-5H3. The van der Waals surface area contributed by atoms with Gasteiger partial charge in [-0.15, -0.1) is 0 Å². The number of unbranched alkanes of at least 4 members (excludes halogenated alkanes) is 1. The van der Waals surface area contributed by atoms with E-state index in [1.54, 1.807) is 0 Å². The molecule has 0 aliphatic rings. The van der Waals surface area contributed by atoms with Crippen molar-refractivity contribution in [3.8, 4) is 0 Å². The molecule has 15 heavy (non-hydrogen) atoms. The summed E-state index contributed by atoms with van der Waals surface area (Å²) in [5, 5.41) is 0. The van der Waals surface area contributed by atoms with Crippen molar-refractivity contribution in [3.63, 3.8) is 0 Å². The molecule has 0 aliphatic carbocycles. The SMILES string of the molecule is CCCCC(CCC)(COC)CN(C)C. The second kappa shape index (κ2) is 8.12. The molecular weight excluding hydrogens is 186 g/mol. The monoisotopic (exact) mass is 215 g/mol. The van der Waals surface area contributed by atoms with Crippen molar-refractivity contribution >= 4 is 0 Å². The number of nitrogens with zero attached hydrogens (tertiary/aromatic N) is 1. The molecule has 2 heteroatoms. The lowest BCUT2D eigenvalue weighted by Gasteiger charge is -2.35. The van der Waals surface area contributed by atoms with E-state index in [9.17, 15) is 0 Å². The van der Waals surface area contributed by atoms with E-state index in [0.29, 0.717) is 5.41 Å². The minimum absolute atomic E-state index is 0.378. The predicted octanol–water partition coefficient (Wildman–Crippen LogP) is 3.17. The Balaban J connectivity index is 4.40. The minimum Gasteiger partial charge on any atom is -0.384 e. The van der Waals surface area contributed by atoms with E-state index in [1.165, 1.54) is 32.1 Å². The van der Waals surface area contributed by atoms with Crippen LogP contribution in [0, 0.1) is 5.41 Å². The summed E-state index contributed by atoms with van der Waals surface area (Å²) >= 11 is 0. The zero-order chi connectivity index (χ0) is 11.7. The third-order valence-electron chi connectivity index (χ3n) is 2.94. The van der Waals surface area contributed by atoms with Crippen molar-refractivity contribution < 1.29 is 4.74 Å². The summed E-state index contributed by atoms with van der Waals surface area (Å²) in [6, 6.07) is 0. The fraction of sp³-hybridized carbons (Fsp3) is 1.00. The molecule has 1 unspecified atom stereocenters. The molecule has 2 nitrogen and oxygen atoms in total. The Hall–Kier alpha value is -0.0800. The van der Waals surface area contributed by atoms with Crippen LogP contribution in [0.3, 0.4) is 0 Å². The third kappa shape index (κ3) is 6.16. The van der Waals surface area contributed by atoms with Crippen LogP contribution in [0.2, 0.25) is 0 Å². The maximum Gasteiger partial charge on any atom is 0.0530 e. The summed E-state index contributed by atoms with van der Waals surface area (Å²) in [4.78, 5) is 2.30. The highest BCUT2D eigenvalue weighted by molar-refractivity contribution is 4.81. The lowest BCUT2D eigenvalue weighted by molar-refractivity contribution is 0.0414. The van der Waals surface area contributed by atoms with Gasteiger partial charge in [-0.05, 0) is 26.9 Å². The molecule has 0 amide bonds. The van der Waals surface area contributed by atoms with Gasteiger partial charge in [-0.2, -0.15) is 0 Å². The van der Waals surface area contributed by atoms with E-state index in [1.807, 2.05) is 7.11 Å². The molecule has 0 rings (SSSR count). The maximum absolute atomic E-state index is 5.43. The highest BCUT2D eigenvalue weighted by Crippen LogP contribution is 2.31. The molecule has 0 saturated carbocycles. The molecule has 0 fully saturated rings. The average molecular weight is 215 g/mol. The number of ether oxygens (including phenoxy) is 1. The lowest BCUT2D eigenvalue weighted by atomic mass is 9.79. The number of hydrogen-bond donors (Lipinski definition) is 0. The molecule has 0 heterocycles. The first-order valence-electron chi connectivity index (χ1n) is 6.24. The van der Waals surface area contributed by atoms with Crippen LogP contribution in [0.5, 0.6) is 0 Å². The minimum atomic E-state index is 0.378. The maximum atomic E-state index is 5.43. The normalized spacial score (nSPS) is 15.6. The lowest BCUT2D eigenvalue weighted by Crippen LogP contribution is -2.37. The first kappa shape index (κ1) is 14.9. The molecule has 0 saturated heterocycles. The molecule has 0 aliphatic heterocycles. The molecular formula is C13H29NO. The van der Waals surface area contributed by atoms with Gasteiger partial charge in [0, 0.05) is 19.1 Å². The highest BCUT2D eigenvalue weighted by Gasteiger charge is 2.29. The van der Waals surface area contributed by atoms with Crippen LogP contribution >= 0.6 is 0 Å². The zero-order valence-electron chi connectivity index (χ0n) is 11.3. The van der Waals surface area contributed by atoms with Crippen LogP contribution in [0.15, 0.2) is 0 Å². The van der Waals surface area contributed by atoms with Gasteiger partial charge in [0.1, 0.15) is 0 Å². The summed E-state index contributed by atoms with van der Waals surface area (Å²) in [6.45, 7) is 6.58. The molecule has 0 aromatic rings. The van der Waals surface area contributed by atoms with E-state index in [2.05, 4.69) is 32.8 Å². The van der Waals surface area contributed by atoms with Gasteiger partial charge in [0.25, 0.3) is 0 Å². The van der Waals surface area contributed by atoms with Crippen LogP contribution in [-0.2, 0) is 4.74 Å². The van der Waals surface area contributed by atoms with Gasteiger partial charge in [0.2, 0.25) is 0 Å². The zero-order valence-corrected chi connectivity index (χ0v) is 11.3. The van der Waals surface area contributed by atoms with E-state index in [-0.39, 0.29) is 0 Å². The first-order valence-corrected chi connectivity index (χ1v) is 6.24. The van der Waals surface area contributed by atoms with Crippen LogP contribution in [0.1, 0.15) is 46.0 Å². The molecule has 0 aromatic carbocycles. The number of methoxy groups -OCH3 is 1. The summed E-state index contributed by atoms with van der Waals surface area (Å²) in [6.07, 6.45) is 6.42. The van der Waals surface area contributed by atoms with Gasteiger partial charge in [0.05, 0.1) is 6.61 Å². The summed E-state index contributed by atoms with van der Waals surface area (Å²) in [5.74, 6) is 0. The van der Waals surface area contributed by atoms with Gasteiger partial charge in [0.15, 0.2) is 0 Å². The molecule has 0 spiro atoms. The Bertz CT molecular complexity index is 139. The Morgan fingerprint density at radius 1 is 1.07 bits per heavy atom. The van der Waals surface area contributed by atoms with Crippen LogP contribution in [0.25, 0.3) is 0 Å². The van der Waals surface area contributed by atoms with Crippen molar-refractivity contribution in [3.05, 3.63) is 0 Å². The molecule has 0 bridgehead atoms. The third-order valence-corrected chi connectivity index (χ3v) is 2.94. The first-order chi connectivity index (χ1) is 7.10. The topological polar surface area (TPSA) is 12.5 Å². The smallest absolute Gasteiger partial charge is 0.0530 e. The molecule has 92 valence electrons. The summed E-state index contributed by atoms with van der Waals surface area (Å²) < 4.78 is 5.43. The number of rotatable bonds is 9. The van der Waals surface area contributed by atoms with Crippen molar-refractivity contribution in [2.75, 3.05) is 34.4 Å². The Morgan fingerprint density at radius 2 is 1.73 bits per heavy atom. The van der Waals surface area contributed by atoms with Gasteiger partial charge >= 0.3 is 0 Å². The van der Waals surface area contributed by atoms with Crippen LogP contribution < -0.4 is 0 Å². The van der Waals surface area contributed by atoms with Crippen LogP contribution in [-0.4, -0.2) is 39.3 Å². The average Bonchev–Trinajstić information content (AvgIpc) is 2.14. The quantitative estimate of drug-likeness (QED) is 0.586.